The molecule has 2 N–H and O–H groups in total. The predicted molar refractivity (Wildman–Crippen MR) is 97.5 cm³/mol. The first-order valence-electron chi connectivity index (χ1n) is 8.58. The number of aromatic nitrogens is 2. The molecule has 1 aliphatic heterocycles. The lowest BCUT2D eigenvalue weighted by Gasteiger charge is -2.30. The van der Waals surface area contributed by atoms with Crippen molar-refractivity contribution >= 4 is 10.8 Å². The Morgan fingerprint density at radius 3 is 2.64 bits per heavy atom. The Hall–Kier alpha value is -2.50. The van der Waals surface area contributed by atoms with Gasteiger partial charge in [-0.15, -0.1) is 0 Å². The van der Waals surface area contributed by atoms with Crippen molar-refractivity contribution in [1.29, 1.82) is 0 Å². The Morgan fingerprint density at radius 1 is 1.16 bits per heavy atom. The Labute approximate surface area is 145 Å². The van der Waals surface area contributed by atoms with Crippen molar-refractivity contribution in [3.05, 3.63) is 75.7 Å². The van der Waals surface area contributed by atoms with Gasteiger partial charge in [0.25, 0.3) is 5.56 Å². The molecule has 0 fully saturated rings. The van der Waals surface area contributed by atoms with Crippen LogP contribution in [0.5, 0.6) is 0 Å². The Morgan fingerprint density at radius 2 is 1.84 bits per heavy atom. The summed E-state index contributed by atoms with van der Waals surface area (Å²) in [4.78, 5) is 12.7. The highest BCUT2D eigenvalue weighted by Crippen LogP contribution is 2.18. The van der Waals surface area contributed by atoms with Gasteiger partial charge in [-0.1, -0.05) is 42.5 Å². The van der Waals surface area contributed by atoms with E-state index in [4.69, 9.17) is 0 Å². The number of nitrogens with zero attached hydrogens (tertiary/aromatic N) is 2. The van der Waals surface area contributed by atoms with Crippen molar-refractivity contribution in [2.24, 2.45) is 0 Å². The minimum Gasteiger partial charge on any atom is -0.390 e. The van der Waals surface area contributed by atoms with Crippen molar-refractivity contribution in [3.8, 4) is 0 Å². The third kappa shape index (κ3) is 2.97. The molecule has 5 heteroatoms. The van der Waals surface area contributed by atoms with Gasteiger partial charge in [0.1, 0.15) is 0 Å². The van der Waals surface area contributed by atoms with Crippen LogP contribution in [-0.2, 0) is 19.5 Å². The maximum Gasteiger partial charge on any atom is 0.274 e. The van der Waals surface area contributed by atoms with Crippen LogP contribution in [0.25, 0.3) is 10.8 Å². The fraction of sp³-hybridized carbons (Fsp3) is 0.300. The smallest absolute Gasteiger partial charge is 0.274 e. The molecule has 25 heavy (non-hydrogen) atoms. The van der Waals surface area contributed by atoms with E-state index in [-0.39, 0.29) is 18.1 Å². The molecular weight excluding hydrogens is 314 g/mol. The lowest BCUT2D eigenvalue weighted by Crippen LogP contribution is -2.47. The van der Waals surface area contributed by atoms with E-state index < -0.39 is 6.10 Å². The number of nitrogens with one attached hydrogen (secondary N) is 1. The van der Waals surface area contributed by atoms with Gasteiger partial charge < -0.3 is 10.4 Å². The molecule has 5 nitrogen and oxygen atoms in total. The molecule has 0 amide bonds. The van der Waals surface area contributed by atoms with E-state index in [2.05, 4.69) is 22.5 Å². The van der Waals surface area contributed by atoms with Crippen LogP contribution in [-0.4, -0.2) is 27.0 Å². The quantitative estimate of drug-likeness (QED) is 0.766. The topological polar surface area (TPSA) is 67.2 Å². The van der Waals surface area contributed by atoms with Gasteiger partial charge in [0.15, 0.2) is 0 Å². The van der Waals surface area contributed by atoms with Crippen molar-refractivity contribution in [1.82, 2.24) is 15.1 Å². The van der Waals surface area contributed by atoms with E-state index in [0.29, 0.717) is 5.39 Å². The molecule has 0 aliphatic carbocycles. The molecule has 0 saturated heterocycles. The summed E-state index contributed by atoms with van der Waals surface area (Å²) in [6.45, 7) is 2.81. The second-order valence-corrected chi connectivity index (χ2v) is 6.65. The Kier molecular flexibility index (Phi) is 4.11. The van der Waals surface area contributed by atoms with Crippen molar-refractivity contribution in [2.45, 2.75) is 38.6 Å². The molecule has 0 bridgehead atoms. The zero-order valence-electron chi connectivity index (χ0n) is 14.1. The largest absolute Gasteiger partial charge is 0.390 e. The van der Waals surface area contributed by atoms with Gasteiger partial charge in [-0.05, 0) is 30.5 Å². The Balaban J connectivity index is 1.60. The van der Waals surface area contributed by atoms with Gasteiger partial charge in [-0.25, -0.2) is 4.68 Å². The second-order valence-electron chi connectivity index (χ2n) is 6.65. The summed E-state index contributed by atoms with van der Waals surface area (Å²) >= 11 is 0. The first-order valence-corrected chi connectivity index (χ1v) is 8.58. The second kappa shape index (κ2) is 6.43. The van der Waals surface area contributed by atoms with E-state index in [0.717, 1.165) is 24.0 Å². The maximum atomic E-state index is 12.7. The van der Waals surface area contributed by atoms with Gasteiger partial charge in [0, 0.05) is 18.0 Å². The van der Waals surface area contributed by atoms with Gasteiger partial charge in [0.2, 0.25) is 0 Å². The molecule has 128 valence electrons. The fourth-order valence-electron chi connectivity index (χ4n) is 3.58. The number of hydrogen-bond acceptors (Lipinski definition) is 4. The zero-order chi connectivity index (χ0) is 17.4. The highest BCUT2D eigenvalue weighted by molar-refractivity contribution is 5.83. The normalized spacial score (nSPS) is 18.1. The van der Waals surface area contributed by atoms with Gasteiger partial charge in [-0.2, -0.15) is 5.10 Å². The number of hydrogen-bond donors (Lipinski definition) is 2. The highest BCUT2D eigenvalue weighted by Gasteiger charge is 2.25. The summed E-state index contributed by atoms with van der Waals surface area (Å²) in [5.74, 6) is 0. The van der Waals surface area contributed by atoms with Crippen LogP contribution in [0.15, 0.2) is 53.3 Å². The number of aryl methyl sites for hydroxylation is 1. The number of aliphatic hydroxyl groups excluding tert-OH is 1. The van der Waals surface area contributed by atoms with Crippen LogP contribution >= 0.6 is 0 Å². The lowest BCUT2D eigenvalue weighted by atomic mass is 9.93. The molecule has 1 aliphatic rings. The van der Waals surface area contributed by atoms with Crippen molar-refractivity contribution in [2.75, 3.05) is 0 Å². The number of fused-ring (bicyclic) bond motifs is 2. The summed E-state index contributed by atoms with van der Waals surface area (Å²) < 4.78 is 1.39. The number of rotatable bonds is 3. The fourth-order valence-corrected chi connectivity index (χ4v) is 3.58. The monoisotopic (exact) mass is 335 g/mol. The molecule has 0 radical (unpaired) electrons. The van der Waals surface area contributed by atoms with Crippen LogP contribution in [0.1, 0.15) is 16.8 Å². The summed E-state index contributed by atoms with van der Waals surface area (Å²) in [6.07, 6.45) is 0.0673. The molecule has 2 aromatic carbocycles. The Bertz CT molecular complexity index is 980. The molecule has 3 aromatic rings. The molecule has 0 saturated carbocycles. The molecule has 2 atom stereocenters. The molecule has 2 heterocycles. The summed E-state index contributed by atoms with van der Waals surface area (Å²) in [5.41, 5.74) is 3.16. The van der Waals surface area contributed by atoms with Gasteiger partial charge in [-0.3, -0.25) is 4.79 Å². The highest BCUT2D eigenvalue weighted by atomic mass is 16.3. The summed E-state index contributed by atoms with van der Waals surface area (Å²) in [5, 5.41) is 20.0. The van der Waals surface area contributed by atoms with Crippen LogP contribution in [0, 0.1) is 6.92 Å². The number of aliphatic hydroxyl groups is 1. The predicted octanol–water partition coefficient (Wildman–Crippen LogP) is 1.78. The molecule has 1 aromatic heterocycles. The SMILES string of the molecule is Cc1nn(CC(O)[C@@H]2Cc3ccccc3CN2)c(=O)c2ccccc12. The van der Waals surface area contributed by atoms with E-state index >= 15 is 0 Å². The maximum absolute atomic E-state index is 12.7. The third-order valence-electron chi connectivity index (χ3n) is 4.99. The summed E-state index contributed by atoms with van der Waals surface area (Å²) in [7, 11) is 0. The van der Waals surface area contributed by atoms with Crippen molar-refractivity contribution in [3.63, 3.8) is 0 Å². The first kappa shape index (κ1) is 16.0. The van der Waals surface area contributed by atoms with Crippen LogP contribution in [0.2, 0.25) is 0 Å². The third-order valence-corrected chi connectivity index (χ3v) is 4.99. The average Bonchev–Trinajstić information content (AvgIpc) is 2.65. The first-order chi connectivity index (χ1) is 12.1. The van der Waals surface area contributed by atoms with E-state index in [1.807, 2.05) is 43.3 Å². The number of benzene rings is 2. The van der Waals surface area contributed by atoms with Crippen LogP contribution < -0.4 is 10.9 Å². The molecule has 4 rings (SSSR count). The van der Waals surface area contributed by atoms with Gasteiger partial charge in [0.05, 0.1) is 23.7 Å². The molecular formula is C20H21N3O2. The van der Waals surface area contributed by atoms with E-state index in [1.54, 1.807) is 0 Å². The van der Waals surface area contributed by atoms with E-state index in [9.17, 15) is 9.90 Å². The zero-order valence-corrected chi connectivity index (χ0v) is 14.1. The van der Waals surface area contributed by atoms with Gasteiger partial charge >= 0.3 is 0 Å². The molecule has 1 unspecified atom stereocenters. The summed E-state index contributed by atoms with van der Waals surface area (Å²) in [6, 6.07) is 15.6. The lowest BCUT2D eigenvalue weighted by molar-refractivity contribution is 0.0997. The van der Waals surface area contributed by atoms with Crippen LogP contribution in [0.4, 0.5) is 0 Å². The van der Waals surface area contributed by atoms with E-state index in [1.165, 1.54) is 15.8 Å². The molecule has 0 spiro atoms. The van der Waals surface area contributed by atoms with Crippen LogP contribution in [0.3, 0.4) is 0 Å². The minimum absolute atomic E-state index is 0.0876. The van der Waals surface area contributed by atoms with Crippen molar-refractivity contribution < 1.29 is 5.11 Å². The average molecular weight is 335 g/mol. The standard InChI is InChI=1S/C20H21N3O2/c1-13-16-8-4-5-9-17(16)20(25)23(22-13)12-19(24)18-10-14-6-2-3-7-15(14)11-21-18/h2-9,18-19,21,24H,10-12H2,1H3/t18-,19?/m0/s1. The minimum atomic E-state index is -0.681.